The number of carboxylic acids is 2. The largest absolute Gasteiger partial charge is 0.504 e. The molecule has 1 saturated heterocycles. The summed E-state index contributed by atoms with van der Waals surface area (Å²) >= 11 is 0. The molecule has 2 aromatic carbocycles. The van der Waals surface area contributed by atoms with Crippen LogP contribution in [0, 0.1) is 10.8 Å². The number of benzene rings is 2. The average Bonchev–Trinajstić information content (AvgIpc) is 3.46. The Hall–Kier alpha value is -5.03. The quantitative estimate of drug-likeness (QED) is 0.0867. The van der Waals surface area contributed by atoms with Gasteiger partial charge < -0.3 is 35.4 Å². The number of carboxylic acid groups (broad SMARTS) is 2. The van der Waals surface area contributed by atoms with Gasteiger partial charge in [-0.05, 0) is 43.2 Å². The van der Waals surface area contributed by atoms with Crippen LogP contribution in [-0.4, -0.2) is 88.5 Å². The molecule has 3 rings (SSSR count). The van der Waals surface area contributed by atoms with Crippen LogP contribution in [0.5, 0.6) is 11.5 Å². The van der Waals surface area contributed by atoms with Gasteiger partial charge in [0.05, 0.1) is 5.56 Å². The highest BCUT2D eigenvalue weighted by molar-refractivity contribution is 5.98. The summed E-state index contributed by atoms with van der Waals surface area (Å²) < 4.78 is 74.1. The number of rotatable bonds is 7. The Morgan fingerprint density at radius 2 is 1.26 bits per heavy atom. The van der Waals surface area contributed by atoms with Crippen molar-refractivity contribution in [3.05, 3.63) is 59.2 Å². The van der Waals surface area contributed by atoms with Crippen LogP contribution >= 0.6 is 0 Å². The summed E-state index contributed by atoms with van der Waals surface area (Å²) in [7, 11) is 0. The van der Waals surface area contributed by atoms with Crippen molar-refractivity contribution in [2.75, 3.05) is 26.3 Å². The van der Waals surface area contributed by atoms with Crippen LogP contribution in [0.15, 0.2) is 42.5 Å². The van der Waals surface area contributed by atoms with Crippen molar-refractivity contribution in [2.24, 2.45) is 5.73 Å². The first-order chi connectivity index (χ1) is 19.8. The van der Waals surface area contributed by atoms with Gasteiger partial charge in [0, 0.05) is 24.2 Å². The standard InChI is InChI=1S/C21H24N4O4.2C2HF3O2/c22-19(23)16-7-8-17(26)18(13-16)28-11-12-29-21(27)15-5-3-14(4-6-15)20(24)25-9-1-2-10-25;2*3-2(4,5)1(6)7/h3-8,13,24,26H,1-2,9-12H2,(H3,22,23);2*(H,6,7). The number of nitrogens with zero attached hydrogens (tertiary/aromatic N) is 1. The number of phenols is 1. The van der Waals surface area contributed by atoms with Gasteiger partial charge in [0.1, 0.15) is 24.9 Å². The van der Waals surface area contributed by atoms with E-state index in [4.69, 9.17) is 45.8 Å². The molecule has 0 amide bonds. The summed E-state index contributed by atoms with van der Waals surface area (Å²) in [5.74, 6) is -5.59. The number of phenolic OH excluding ortho intramolecular Hbond substituents is 1. The van der Waals surface area contributed by atoms with Gasteiger partial charge in [-0.2, -0.15) is 26.3 Å². The predicted molar refractivity (Wildman–Crippen MR) is 136 cm³/mol. The third-order valence-electron chi connectivity index (χ3n) is 5.15. The molecule has 236 valence electrons. The van der Waals surface area contributed by atoms with E-state index in [1.165, 1.54) is 18.2 Å². The third kappa shape index (κ3) is 12.6. The molecule has 18 heteroatoms. The first-order valence-electron chi connectivity index (χ1n) is 11.9. The second kappa shape index (κ2) is 15.8. The van der Waals surface area contributed by atoms with Gasteiger partial charge in [0.2, 0.25) is 0 Å². The lowest BCUT2D eigenvalue weighted by atomic mass is 10.1. The van der Waals surface area contributed by atoms with Crippen molar-refractivity contribution >= 4 is 29.6 Å². The molecule has 43 heavy (non-hydrogen) atoms. The van der Waals surface area contributed by atoms with Gasteiger partial charge in [0.15, 0.2) is 11.5 Å². The minimum absolute atomic E-state index is 0.00603. The van der Waals surface area contributed by atoms with Crippen LogP contribution < -0.4 is 10.5 Å². The van der Waals surface area contributed by atoms with Crippen molar-refractivity contribution in [1.29, 1.82) is 10.8 Å². The summed E-state index contributed by atoms with van der Waals surface area (Å²) in [4.78, 5) is 32.0. The SMILES string of the molecule is N=C(N)c1ccc(O)c(OCCOC(=O)c2ccc(C(=N)N3CCCC3)cc2)c1.O=C(O)C(F)(F)F.O=C(O)C(F)(F)F. The second-order valence-electron chi connectivity index (χ2n) is 8.31. The van der Waals surface area contributed by atoms with Crippen molar-refractivity contribution < 1.29 is 65.5 Å². The molecule has 12 nitrogen and oxygen atoms in total. The van der Waals surface area contributed by atoms with E-state index < -0.39 is 30.3 Å². The number of aromatic hydroxyl groups is 1. The first kappa shape index (κ1) is 36.0. The van der Waals surface area contributed by atoms with Crippen molar-refractivity contribution in [1.82, 2.24) is 4.90 Å². The van der Waals surface area contributed by atoms with E-state index in [0.717, 1.165) is 31.5 Å². The van der Waals surface area contributed by atoms with Gasteiger partial charge >= 0.3 is 30.3 Å². The predicted octanol–water partition coefficient (Wildman–Crippen LogP) is 3.60. The number of halogens is 6. The molecule has 0 aliphatic carbocycles. The smallest absolute Gasteiger partial charge is 0.490 e. The number of hydrogen-bond acceptors (Lipinski definition) is 8. The summed E-state index contributed by atoms with van der Waals surface area (Å²) in [6.45, 7) is 1.83. The number of aliphatic carboxylic acids is 2. The molecule has 1 heterocycles. The van der Waals surface area contributed by atoms with Crippen LogP contribution in [0.4, 0.5) is 26.3 Å². The maximum absolute atomic E-state index is 12.2. The Morgan fingerprint density at radius 1 is 0.814 bits per heavy atom. The molecule has 0 spiro atoms. The zero-order valence-corrected chi connectivity index (χ0v) is 22.0. The van der Waals surface area contributed by atoms with Crippen LogP contribution in [0.2, 0.25) is 0 Å². The van der Waals surface area contributed by atoms with E-state index in [-0.39, 0.29) is 30.5 Å². The number of likely N-dealkylation sites (tertiary alicyclic amines) is 1. The number of carbonyl (C=O) groups excluding carboxylic acids is 1. The van der Waals surface area contributed by atoms with E-state index in [9.17, 15) is 36.2 Å². The number of amidine groups is 2. The molecular weight excluding hydrogens is 598 g/mol. The molecule has 1 aliphatic heterocycles. The summed E-state index contributed by atoms with van der Waals surface area (Å²) in [6, 6.07) is 11.1. The fourth-order valence-corrected chi connectivity index (χ4v) is 3.05. The molecule has 0 radical (unpaired) electrons. The molecule has 1 fully saturated rings. The zero-order valence-electron chi connectivity index (χ0n) is 22.0. The number of nitrogens with one attached hydrogen (secondary N) is 2. The minimum Gasteiger partial charge on any atom is -0.504 e. The van der Waals surface area contributed by atoms with Gasteiger partial charge in [-0.15, -0.1) is 0 Å². The third-order valence-corrected chi connectivity index (χ3v) is 5.15. The van der Waals surface area contributed by atoms with Gasteiger partial charge in [0.25, 0.3) is 0 Å². The van der Waals surface area contributed by atoms with Crippen molar-refractivity contribution in [3.63, 3.8) is 0 Å². The maximum Gasteiger partial charge on any atom is 0.490 e. The second-order valence-corrected chi connectivity index (χ2v) is 8.31. The molecule has 1 aliphatic rings. The van der Waals surface area contributed by atoms with Crippen LogP contribution in [0.1, 0.15) is 34.3 Å². The molecule has 2 aromatic rings. The summed E-state index contributed by atoms with van der Waals surface area (Å²) in [5, 5.41) is 39.7. The first-order valence-corrected chi connectivity index (χ1v) is 11.9. The Labute approximate surface area is 239 Å². The van der Waals surface area contributed by atoms with E-state index in [1.807, 2.05) is 4.90 Å². The normalized spacial score (nSPS) is 12.6. The fourth-order valence-electron chi connectivity index (χ4n) is 3.05. The molecule has 0 atom stereocenters. The van der Waals surface area contributed by atoms with Crippen LogP contribution in [0.25, 0.3) is 0 Å². The van der Waals surface area contributed by atoms with Gasteiger partial charge in [-0.1, -0.05) is 12.1 Å². The molecule has 0 saturated carbocycles. The van der Waals surface area contributed by atoms with Gasteiger partial charge in [-0.25, -0.2) is 14.4 Å². The number of hydrogen-bond donors (Lipinski definition) is 6. The molecule has 0 aromatic heterocycles. The highest BCUT2D eigenvalue weighted by atomic mass is 19.4. The lowest BCUT2D eigenvalue weighted by Gasteiger charge is -2.18. The molecule has 7 N–H and O–H groups in total. The summed E-state index contributed by atoms with van der Waals surface area (Å²) in [5.41, 5.74) is 7.01. The van der Waals surface area contributed by atoms with E-state index in [0.29, 0.717) is 17.0 Å². The number of esters is 1. The average molecular weight is 624 g/mol. The number of carbonyl (C=O) groups is 3. The minimum atomic E-state index is -5.08. The Morgan fingerprint density at radius 3 is 1.70 bits per heavy atom. The molecule has 0 unspecified atom stereocenters. The lowest BCUT2D eigenvalue weighted by molar-refractivity contribution is -0.193. The monoisotopic (exact) mass is 624 g/mol. The highest BCUT2D eigenvalue weighted by Crippen LogP contribution is 2.26. The van der Waals surface area contributed by atoms with E-state index in [2.05, 4.69) is 0 Å². The van der Waals surface area contributed by atoms with Crippen LogP contribution in [0.3, 0.4) is 0 Å². The zero-order chi connectivity index (χ0) is 33.0. The summed E-state index contributed by atoms with van der Waals surface area (Å²) in [6.07, 6.45) is -7.96. The maximum atomic E-state index is 12.2. The fraction of sp³-hybridized carbons (Fsp3) is 0.320. The Balaban J connectivity index is 0.000000548. The Bertz CT molecular complexity index is 1270. The van der Waals surface area contributed by atoms with E-state index in [1.54, 1.807) is 24.3 Å². The number of ether oxygens (including phenoxy) is 2. The number of nitrogens with two attached hydrogens (primary N) is 1. The van der Waals surface area contributed by atoms with Crippen molar-refractivity contribution in [3.8, 4) is 11.5 Å². The number of alkyl halides is 6. The van der Waals surface area contributed by atoms with E-state index >= 15 is 0 Å². The lowest BCUT2D eigenvalue weighted by Crippen LogP contribution is -2.27. The van der Waals surface area contributed by atoms with Crippen LogP contribution in [-0.2, 0) is 14.3 Å². The highest BCUT2D eigenvalue weighted by Gasteiger charge is 2.38. The Kier molecular flexibility index (Phi) is 13.3. The van der Waals surface area contributed by atoms with Gasteiger partial charge in [-0.3, -0.25) is 10.8 Å². The number of nitrogen functional groups attached to an aromatic ring is 1. The molecule has 0 bridgehead atoms. The van der Waals surface area contributed by atoms with Crippen molar-refractivity contribution in [2.45, 2.75) is 25.2 Å². The molecular formula is C25H26F6N4O8. The topological polar surface area (TPSA) is 207 Å².